The Morgan fingerprint density at radius 3 is 2.57 bits per heavy atom. The van der Waals surface area contributed by atoms with Gasteiger partial charge in [0, 0.05) is 16.8 Å². The molecule has 0 aliphatic heterocycles. The Bertz CT molecular complexity index is 209. The number of hydrogen-bond acceptors (Lipinski definition) is 1. The van der Waals surface area contributed by atoms with Gasteiger partial charge >= 0.3 is 0 Å². The summed E-state index contributed by atoms with van der Waals surface area (Å²) >= 11 is 3.45. The lowest BCUT2D eigenvalue weighted by Gasteiger charge is -2.29. The molecule has 2 nitrogen and oxygen atoms in total. The molecule has 0 aromatic rings. The van der Waals surface area contributed by atoms with Crippen LogP contribution in [0.4, 0.5) is 0 Å². The third-order valence-electron chi connectivity index (χ3n) is 3.24. The van der Waals surface area contributed by atoms with Crippen molar-refractivity contribution < 1.29 is 4.79 Å². The Morgan fingerprint density at radius 2 is 2.21 bits per heavy atom. The monoisotopic (exact) mass is 261 g/mol. The van der Waals surface area contributed by atoms with Crippen molar-refractivity contribution in [2.75, 3.05) is 5.33 Å². The van der Waals surface area contributed by atoms with Gasteiger partial charge in [0.2, 0.25) is 5.91 Å². The van der Waals surface area contributed by atoms with Gasteiger partial charge in [-0.3, -0.25) is 4.79 Å². The average Bonchev–Trinajstić information content (AvgIpc) is 2.99. The highest BCUT2D eigenvalue weighted by molar-refractivity contribution is 9.09. The van der Waals surface area contributed by atoms with Crippen molar-refractivity contribution >= 4 is 21.8 Å². The van der Waals surface area contributed by atoms with Crippen LogP contribution in [0.15, 0.2) is 0 Å². The van der Waals surface area contributed by atoms with Gasteiger partial charge in [-0.05, 0) is 32.1 Å². The van der Waals surface area contributed by atoms with E-state index >= 15 is 0 Å². The summed E-state index contributed by atoms with van der Waals surface area (Å²) in [6.45, 7) is 6.22. The van der Waals surface area contributed by atoms with Gasteiger partial charge in [-0.2, -0.15) is 0 Å². The lowest BCUT2D eigenvalue weighted by molar-refractivity contribution is -0.126. The fourth-order valence-electron chi connectivity index (χ4n) is 1.44. The highest BCUT2D eigenvalue weighted by Crippen LogP contribution is 2.36. The van der Waals surface area contributed by atoms with E-state index in [9.17, 15) is 4.79 Å². The molecule has 1 N–H and O–H groups in total. The molecule has 0 heterocycles. The van der Waals surface area contributed by atoms with Crippen LogP contribution < -0.4 is 5.32 Å². The molecule has 0 bridgehead atoms. The summed E-state index contributed by atoms with van der Waals surface area (Å²) < 4.78 is 0. The number of hydrogen-bond donors (Lipinski definition) is 1. The molecular formula is C11H20BrNO. The second-order valence-electron chi connectivity index (χ2n) is 4.66. The first-order valence-electron chi connectivity index (χ1n) is 5.40. The number of carbonyl (C=O) groups is 1. The van der Waals surface area contributed by atoms with Gasteiger partial charge in [-0.15, -0.1) is 0 Å². The molecule has 1 aliphatic rings. The molecule has 14 heavy (non-hydrogen) atoms. The SMILES string of the molecule is CCC(C)(CBr)NC(=O)C(C)C1CC1. The molecule has 0 spiro atoms. The highest BCUT2D eigenvalue weighted by Gasteiger charge is 2.34. The second-order valence-corrected chi connectivity index (χ2v) is 5.22. The van der Waals surface area contributed by atoms with E-state index < -0.39 is 0 Å². The van der Waals surface area contributed by atoms with E-state index in [1.807, 2.05) is 6.92 Å². The van der Waals surface area contributed by atoms with E-state index in [0.29, 0.717) is 5.92 Å². The summed E-state index contributed by atoms with van der Waals surface area (Å²) in [5, 5.41) is 3.95. The molecule has 2 unspecified atom stereocenters. The first-order valence-corrected chi connectivity index (χ1v) is 6.52. The van der Waals surface area contributed by atoms with Crippen molar-refractivity contribution in [3.8, 4) is 0 Å². The predicted octanol–water partition coefficient (Wildman–Crippen LogP) is 2.71. The summed E-state index contributed by atoms with van der Waals surface area (Å²) in [5.41, 5.74) is -0.0831. The van der Waals surface area contributed by atoms with Gasteiger partial charge in [0.05, 0.1) is 0 Å². The van der Waals surface area contributed by atoms with Crippen LogP contribution in [-0.2, 0) is 4.79 Å². The summed E-state index contributed by atoms with van der Waals surface area (Å²) in [5.74, 6) is 1.06. The zero-order valence-corrected chi connectivity index (χ0v) is 10.9. The molecule has 1 amide bonds. The first kappa shape index (κ1) is 12.0. The lowest BCUT2D eigenvalue weighted by atomic mass is 9.98. The Hall–Kier alpha value is -0.0500. The van der Waals surface area contributed by atoms with Crippen LogP contribution in [-0.4, -0.2) is 16.8 Å². The van der Waals surface area contributed by atoms with E-state index in [-0.39, 0.29) is 17.4 Å². The summed E-state index contributed by atoms with van der Waals surface area (Å²) in [7, 11) is 0. The number of rotatable bonds is 5. The van der Waals surface area contributed by atoms with Crippen molar-refractivity contribution in [1.29, 1.82) is 0 Å². The smallest absolute Gasteiger partial charge is 0.223 e. The van der Waals surface area contributed by atoms with Crippen LogP contribution in [0.25, 0.3) is 0 Å². The van der Waals surface area contributed by atoms with Crippen LogP contribution in [0.1, 0.15) is 40.0 Å². The van der Waals surface area contributed by atoms with E-state index in [2.05, 4.69) is 35.1 Å². The minimum absolute atomic E-state index is 0.0831. The summed E-state index contributed by atoms with van der Waals surface area (Å²) in [4.78, 5) is 11.8. The standard InChI is InChI=1S/C11H20BrNO/c1-4-11(3,7-12)13-10(14)8(2)9-5-6-9/h8-9H,4-7H2,1-3H3,(H,13,14). The van der Waals surface area contributed by atoms with E-state index in [1.165, 1.54) is 12.8 Å². The zero-order chi connectivity index (χ0) is 10.8. The van der Waals surface area contributed by atoms with Crippen LogP contribution in [0.5, 0.6) is 0 Å². The molecule has 0 aromatic heterocycles. The molecule has 1 aliphatic carbocycles. The first-order chi connectivity index (χ1) is 6.52. The molecular weight excluding hydrogens is 242 g/mol. The maximum Gasteiger partial charge on any atom is 0.223 e. The maximum absolute atomic E-state index is 11.8. The molecule has 0 radical (unpaired) electrons. The van der Waals surface area contributed by atoms with Gasteiger partial charge in [-0.25, -0.2) is 0 Å². The van der Waals surface area contributed by atoms with Crippen LogP contribution in [0, 0.1) is 11.8 Å². The Labute approximate surface area is 95.0 Å². The second kappa shape index (κ2) is 4.65. The van der Waals surface area contributed by atoms with Gasteiger partial charge < -0.3 is 5.32 Å². The molecule has 0 saturated heterocycles. The Morgan fingerprint density at radius 1 is 1.64 bits per heavy atom. The van der Waals surface area contributed by atoms with Crippen molar-refractivity contribution in [3.05, 3.63) is 0 Å². The van der Waals surface area contributed by atoms with Crippen LogP contribution >= 0.6 is 15.9 Å². The van der Waals surface area contributed by atoms with Gasteiger partial charge in [0.15, 0.2) is 0 Å². The number of amides is 1. The number of nitrogens with one attached hydrogen (secondary N) is 1. The lowest BCUT2D eigenvalue weighted by Crippen LogP contribution is -2.49. The Balaban J connectivity index is 2.45. The molecule has 1 rings (SSSR count). The van der Waals surface area contributed by atoms with Crippen molar-refractivity contribution in [1.82, 2.24) is 5.32 Å². The minimum atomic E-state index is -0.0831. The third kappa shape index (κ3) is 2.97. The predicted molar refractivity (Wildman–Crippen MR) is 62.5 cm³/mol. The molecule has 1 saturated carbocycles. The number of halogens is 1. The van der Waals surface area contributed by atoms with Gasteiger partial charge in [0.25, 0.3) is 0 Å². The molecule has 3 heteroatoms. The Kier molecular flexibility index (Phi) is 3.99. The summed E-state index contributed by atoms with van der Waals surface area (Å²) in [6, 6.07) is 0. The van der Waals surface area contributed by atoms with Gasteiger partial charge in [-0.1, -0.05) is 29.8 Å². The quantitative estimate of drug-likeness (QED) is 0.758. The summed E-state index contributed by atoms with van der Waals surface area (Å²) in [6.07, 6.45) is 3.42. The largest absolute Gasteiger partial charge is 0.350 e. The third-order valence-corrected chi connectivity index (χ3v) is 4.48. The molecule has 2 atom stereocenters. The van der Waals surface area contributed by atoms with Crippen molar-refractivity contribution in [2.45, 2.75) is 45.6 Å². The van der Waals surface area contributed by atoms with Crippen LogP contribution in [0.2, 0.25) is 0 Å². The normalized spacial score (nSPS) is 22.6. The zero-order valence-electron chi connectivity index (χ0n) is 9.27. The maximum atomic E-state index is 11.8. The minimum Gasteiger partial charge on any atom is -0.350 e. The van der Waals surface area contributed by atoms with E-state index in [0.717, 1.165) is 11.8 Å². The van der Waals surface area contributed by atoms with Crippen LogP contribution in [0.3, 0.4) is 0 Å². The van der Waals surface area contributed by atoms with Crippen molar-refractivity contribution in [2.24, 2.45) is 11.8 Å². The highest BCUT2D eigenvalue weighted by atomic mass is 79.9. The molecule has 0 aromatic carbocycles. The van der Waals surface area contributed by atoms with Gasteiger partial charge in [0.1, 0.15) is 0 Å². The fourth-order valence-corrected chi connectivity index (χ4v) is 1.97. The molecule has 82 valence electrons. The fraction of sp³-hybridized carbons (Fsp3) is 0.909. The number of alkyl halides is 1. The molecule has 1 fully saturated rings. The van der Waals surface area contributed by atoms with E-state index in [4.69, 9.17) is 0 Å². The topological polar surface area (TPSA) is 29.1 Å². The average molecular weight is 262 g/mol. The van der Waals surface area contributed by atoms with E-state index in [1.54, 1.807) is 0 Å². The van der Waals surface area contributed by atoms with Crippen molar-refractivity contribution in [3.63, 3.8) is 0 Å². The number of carbonyl (C=O) groups excluding carboxylic acids is 1.